The molecule has 0 fully saturated rings. The van der Waals surface area contributed by atoms with Crippen molar-refractivity contribution in [1.29, 1.82) is 0 Å². The average molecular weight is 473 g/mol. The molecule has 0 aliphatic heterocycles. The van der Waals surface area contributed by atoms with Crippen LogP contribution in [0.5, 0.6) is 0 Å². The number of ether oxygens (including phenoxy) is 1. The zero-order valence-electron chi connectivity index (χ0n) is 17.5. The van der Waals surface area contributed by atoms with Crippen LogP contribution < -0.4 is 4.31 Å². The van der Waals surface area contributed by atoms with Crippen molar-refractivity contribution in [2.45, 2.75) is 24.7 Å². The smallest absolute Gasteiger partial charge is 0.305 e. The SMILES string of the molecule is COC(=O)CCc1ccc(S(=O)(=O)N(C(=O)c2cccnc2C)c2ccc(Cl)cc2)cc1. The number of benzene rings is 2. The first kappa shape index (κ1) is 23.4. The van der Waals surface area contributed by atoms with Gasteiger partial charge in [0.2, 0.25) is 0 Å². The topological polar surface area (TPSA) is 93.6 Å². The summed E-state index contributed by atoms with van der Waals surface area (Å²) < 4.78 is 32.5. The maximum Gasteiger partial charge on any atom is 0.305 e. The quantitative estimate of drug-likeness (QED) is 0.479. The van der Waals surface area contributed by atoms with Crippen LogP contribution in [0.2, 0.25) is 5.02 Å². The zero-order valence-corrected chi connectivity index (χ0v) is 19.1. The van der Waals surface area contributed by atoms with Crippen molar-refractivity contribution >= 4 is 39.2 Å². The molecular formula is C23H21ClN2O5S. The van der Waals surface area contributed by atoms with Gasteiger partial charge in [-0.1, -0.05) is 23.7 Å². The first-order valence-corrected chi connectivity index (χ1v) is 11.5. The lowest BCUT2D eigenvalue weighted by Crippen LogP contribution is -2.37. The van der Waals surface area contributed by atoms with Gasteiger partial charge in [-0.05, 0) is 67.4 Å². The van der Waals surface area contributed by atoms with Gasteiger partial charge < -0.3 is 4.74 Å². The van der Waals surface area contributed by atoms with Gasteiger partial charge in [0, 0.05) is 17.6 Å². The molecule has 0 aliphatic rings. The third-order valence-electron chi connectivity index (χ3n) is 4.79. The van der Waals surface area contributed by atoms with Crippen LogP contribution in [0.15, 0.2) is 71.8 Å². The fraction of sp³-hybridized carbons (Fsp3) is 0.174. The molecule has 2 aromatic carbocycles. The Hall–Kier alpha value is -3.23. The molecule has 0 unspecified atom stereocenters. The van der Waals surface area contributed by atoms with E-state index in [2.05, 4.69) is 9.72 Å². The number of aromatic nitrogens is 1. The molecule has 32 heavy (non-hydrogen) atoms. The van der Waals surface area contributed by atoms with Gasteiger partial charge in [-0.25, -0.2) is 8.42 Å². The summed E-state index contributed by atoms with van der Waals surface area (Å²) in [4.78, 5) is 28.7. The van der Waals surface area contributed by atoms with E-state index in [9.17, 15) is 18.0 Å². The molecule has 1 amide bonds. The Balaban J connectivity index is 2.02. The van der Waals surface area contributed by atoms with Crippen molar-refractivity contribution < 1.29 is 22.7 Å². The van der Waals surface area contributed by atoms with Crippen LogP contribution in [0, 0.1) is 6.92 Å². The van der Waals surface area contributed by atoms with Crippen LogP contribution in [-0.2, 0) is 26.0 Å². The van der Waals surface area contributed by atoms with E-state index in [4.69, 9.17) is 11.6 Å². The third kappa shape index (κ3) is 5.15. The average Bonchev–Trinajstić information content (AvgIpc) is 2.79. The van der Waals surface area contributed by atoms with E-state index in [1.54, 1.807) is 25.1 Å². The Morgan fingerprint density at radius 2 is 1.69 bits per heavy atom. The number of rotatable bonds is 7. The number of aryl methyl sites for hydroxylation is 2. The molecule has 3 rings (SSSR count). The molecule has 0 aliphatic carbocycles. The number of hydrogen-bond donors (Lipinski definition) is 0. The van der Waals surface area contributed by atoms with Gasteiger partial charge >= 0.3 is 5.97 Å². The van der Waals surface area contributed by atoms with Gasteiger partial charge in [0.15, 0.2) is 0 Å². The first-order chi connectivity index (χ1) is 15.2. The summed E-state index contributed by atoms with van der Waals surface area (Å²) in [5.74, 6) is -1.08. The van der Waals surface area contributed by atoms with E-state index in [0.717, 1.165) is 9.87 Å². The van der Waals surface area contributed by atoms with Gasteiger partial charge in [-0.2, -0.15) is 4.31 Å². The van der Waals surface area contributed by atoms with Crippen LogP contribution >= 0.6 is 11.6 Å². The summed E-state index contributed by atoms with van der Waals surface area (Å²) in [6.45, 7) is 1.63. The minimum atomic E-state index is -4.26. The maximum absolute atomic E-state index is 13.5. The molecule has 0 saturated carbocycles. The second-order valence-corrected chi connectivity index (χ2v) is 9.13. The molecule has 0 radical (unpaired) electrons. The first-order valence-electron chi connectivity index (χ1n) is 9.66. The highest BCUT2D eigenvalue weighted by Gasteiger charge is 2.32. The van der Waals surface area contributed by atoms with Gasteiger partial charge in [-0.15, -0.1) is 0 Å². The number of carbonyl (C=O) groups excluding carboxylic acids is 2. The number of halogens is 1. The van der Waals surface area contributed by atoms with Crippen LogP contribution in [0.4, 0.5) is 5.69 Å². The van der Waals surface area contributed by atoms with Gasteiger partial charge in [0.1, 0.15) is 0 Å². The highest BCUT2D eigenvalue weighted by molar-refractivity contribution is 7.93. The maximum atomic E-state index is 13.5. The normalized spacial score (nSPS) is 11.1. The van der Waals surface area contributed by atoms with Crippen molar-refractivity contribution in [3.8, 4) is 0 Å². The van der Waals surface area contributed by atoms with Crippen LogP contribution in [0.3, 0.4) is 0 Å². The fourth-order valence-electron chi connectivity index (χ4n) is 3.04. The van der Waals surface area contributed by atoms with E-state index in [1.807, 2.05) is 0 Å². The molecule has 166 valence electrons. The van der Waals surface area contributed by atoms with E-state index in [1.165, 1.54) is 55.8 Å². The molecule has 0 saturated heterocycles. The molecule has 0 bridgehead atoms. The van der Waals surface area contributed by atoms with Crippen LogP contribution in [0.1, 0.15) is 28.0 Å². The summed E-state index contributed by atoms with van der Waals surface area (Å²) in [6, 6.07) is 15.1. The summed E-state index contributed by atoms with van der Waals surface area (Å²) >= 11 is 5.95. The zero-order chi connectivity index (χ0) is 23.3. The molecule has 1 heterocycles. The number of carbonyl (C=O) groups is 2. The summed E-state index contributed by atoms with van der Waals surface area (Å²) in [6.07, 6.45) is 2.11. The number of esters is 1. The van der Waals surface area contributed by atoms with Crippen molar-refractivity contribution in [2.75, 3.05) is 11.4 Å². The fourth-order valence-corrected chi connectivity index (χ4v) is 4.58. The second-order valence-electron chi connectivity index (χ2n) is 6.91. The lowest BCUT2D eigenvalue weighted by atomic mass is 10.1. The molecule has 1 aromatic heterocycles. The molecular weight excluding hydrogens is 452 g/mol. The lowest BCUT2D eigenvalue weighted by Gasteiger charge is -2.23. The van der Waals surface area contributed by atoms with E-state index in [-0.39, 0.29) is 28.5 Å². The van der Waals surface area contributed by atoms with E-state index in [0.29, 0.717) is 17.1 Å². The summed E-state index contributed by atoms with van der Waals surface area (Å²) in [5, 5.41) is 0.408. The summed E-state index contributed by atoms with van der Waals surface area (Å²) in [7, 11) is -2.95. The van der Waals surface area contributed by atoms with Crippen molar-refractivity contribution in [3.63, 3.8) is 0 Å². The number of hydrogen-bond acceptors (Lipinski definition) is 6. The van der Waals surface area contributed by atoms with Gasteiger partial charge in [0.25, 0.3) is 15.9 Å². The molecule has 3 aromatic rings. The monoisotopic (exact) mass is 472 g/mol. The van der Waals surface area contributed by atoms with Crippen molar-refractivity contribution in [1.82, 2.24) is 4.98 Å². The van der Waals surface area contributed by atoms with Crippen LogP contribution in [-0.4, -0.2) is 32.4 Å². The molecule has 7 nitrogen and oxygen atoms in total. The second kappa shape index (κ2) is 9.93. The molecule has 9 heteroatoms. The number of anilines is 1. The van der Waals surface area contributed by atoms with Gasteiger partial charge in [-0.3, -0.25) is 14.6 Å². The lowest BCUT2D eigenvalue weighted by molar-refractivity contribution is -0.140. The predicted octanol–water partition coefficient (Wildman–Crippen LogP) is 4.18. The predicted molar refractivity (Wildman–Crippen MR) is 121 cm³/mol. The largest absolute Gasteiger partial charge is 0.469 e. The minimum absolute atomic E-state index is 0.0656. The highest BCUT2D eigenvalue weighted by atomic mass is 35.5. The summed E-state index contributed by atoms with van der Waals surface area (Å²) in [5.41, 5.74) is 1.49. The van der Waals surface area contributed by atoms with Crippen LogP contribution in [0.25, 0.3) is 0 Å². The number of nitrogens with zero attached hydrogens (tertiary/aromatic N) is 2. The highest BCUT2D eigenvalue weighted by Crippen LogP contribution is 2.28. The Morgan fingerprint density at radius 3 is 2.28 bits per heavy atom. The number of sulfonamides is 1. The standard InChI is InChI=1S/C23H21ClN2O5S/c1-16-21(4-3-15-25-16)23(28)26(19-10-8-18(24)9-11-19)32(29,30)20-12-5-17(6-13-20)7-14-22(27)31-2/h3-6,8-13,15H,7,14H2,1-2H3. The number of amides is 1. The Labute approximate surface area is 191 Å². The minimum Gasteiger partial charge on any atom is -0.469 e. The third-order valence-corrected chi connectivity index (χ3v) is 6.77. The van der Waals surface area contributed by atoms with E-state index >= 15 is 0 Å². The Morgan fingerprint density at radius 1 is 1.03 bits per heavy atom. The molecule has 0 atom stereocenters. The van der Waals surface area contributed by atoms with Crippen molar-refractivity contribution in [2.24, 2.45) is 0 Å². The Bertz CT molecular complexity index is 1230. The molecule has 0 spiro atoms. The number of pyridine rings is 1. The molecule has 0 N–H and O–H groups in total. The number of methoxy groups -OCH3 is 1. The van der Waals surface area contributed by atoms with Crippen molar-refractivity contribution in [3.05, 3.63) is 88.7 Å². The van der Waals surface area contributed by atoms with E-state index < -0.39 is 15.9 Å². The van der Waals surface area contributed by atoms with Gasteiger partial charge in [0.05, 0.1) is 29.0 Å². The Kier molecular flexibility index (Phi) is 7.27.